The van der Waals surface area contributed by atoms with E-state index in [0.29, 0.717) is 0 Å². The molecule has 0 aliphatic rings. The van der Waals surface area contributed by atoms with Gasteiger partial charge >= 0.3 is 0 Å². The number of H-pyrrole nitrogens is 1. The minimum Gasteiger partial charge on any atom is -1.00 e. The third-order valence-electron chi connectivity index (χ3n) is 2.73. The van der Waals surface area contributed by atoms with Crippen LogP contribution in [-0.4, -0.2) is 4.98 Å². The maximum atomic E-state index is 3.19. The number of halogens is 1. The van der Waals surface area contributed by atoms with Crippen LogP contribution < -0.4 is 28.5 Å². The summed E-state index contributed by atoms with van der Waals surface area (Å²) in [6.07, 6.45) is 12.4. The van der Waals surface area contributed by atoms with Crippen molar-refractivity contribution in [1.29, 1.82) is 0 Å². The predicted molar refractivity (Wildman–Crippen MR) is 59.1 cm³/mol. The van der Waals surface area contributed by atoms with Gasteiger partial charge in [-0.15, -0.1) is 0 Å². The van der Waals surface area contributed by atoms with E-state index in [1.165, 1.54) is 50.9 Å². The Labute approximate surface area is 110 Å². The lowest BCUT2D eigenvalue weighted by Crippen LogP contribution is -3.00. The van der Waals surface area contributed by atoms with E-state index in [1.807, 2.05) is 6.20 Å². The third kappa shape index (κ3) is 6.17. The fraction of sp³-hybridized carbons (Fsp3) is 0.750. The molecule has 0 saturated heterocycles. The molecule has 0 fully saturated rings. The van der Waals surface area contributed by atoms with Crippen LogP contribution in [0.15, 0.2) is 12.4 Å². The van der Waals surface area contributed by atoms with Crippen LogP contribution in [0.3, 0.4) is 0 Å². The van der Waals surface area contributed by atoms with Crippen molar-refractivity contribution in [2.24, 2.45) is 0 Å². The summed E-state index contributed by atoms with van der Waals surface area (Å²) in [6, 6.07) is 0. The Kier molecular flexibility index (Phi) is 9.15. The molecule has 2 nitrogen and oxygen atoms in total. The average molecular weight is 322 g/mol. The highest BCUT2D eigenvalue weighted by Crippen LogP contribution is 2.04. The van der Waals surface area contributed by atoms with E-state index in [-0.39, 0.29) is 24.0 Å². The molecule has 0 unspecified atom stereocenters. The number of aryl methyl sites for hydroxylation is 2. The largest absolute Gasteiger partial charge is 1.00 e. The lowest BCUT2D eigenvalue weighted by molar-refractivity contribution is -0.702. The van der Waals surface area contributed by atoms with E-state index in [9.17, 15) is 0 Å². The second-order valence-corrected chi connectivity index (χ2v) is 4.01. The molecule has 0 saturated carbocycles. The first-order valence-electron chi connectivity index (χ1n) is 5.88. The molecule has 0 radical (unpaired) electrons. The fourth-order valence-corrected chi connectivity index (χ4v) is 1.75. The molecule has 0 aliphatic heterocycles. The molecule has 88 valence electrons. The molecule has 0 aromatic carbocycles. The first-order chi connectivity index (χ1) is 6.84. The third-order valence-corrected chi connectivity index (χ3v) is 2.73. The molecule has 15 heavy (non-hydrogen) atoms. The van der Waals surface area contributed by atoms with Gasteiger partial charge in [0.15, 0.2) is 0 Å². The van der Waals surface area contributed by atoms with Gasteiger partial charge < -0.3 is 24.0 Å². The lowest BCUT2D eigenvalue weighted by atomic mass is 10.1. The Morgan fingerprint density at radius 2 is 1.80 bits per heavy atom. The Morgan fingerprint density at radius 1 is 1.13 bits per heavy atom. The van der Waals surface area contributed by atoms with Gasteiger partial charge in [0.05, 0.1) is 6.54 Å². The zero-order valence-electron chi connectivity index (χ0n) is 9.93. The van der Waals surface area contributed by atoms with Crippen molar-refractivity contribution in [3.8, 4) is 0 Å². The molecule has 1 rings (SSSR count). The second kappa shape index (κ2) is 9.19. The second-order valence-electron chi connectivity index (χ2n) is 4.01. The molecule has 1 aromatic heterocycles. The summed E-state index contributed by atoms with van der Waals surface area (Å²) in [5.74, 6) is 1.26. The highest BCUT2D eigenvalue weighted by molar-refractivity contribution is 4.70. The number of imidazole rings is 1. The van der Waals surface area contributed by atoms with Gasteiger partial charge in [-0.1, -0.05) is 32.6 Å². The molecule has 0 amide bonds. The maximum absolute atomic E-state index is 3.19. The van der Waals surface area contributed by atoms with E-state index < -0.39 is 0 Å². The molecule has 0 bridgehead atoms. The summed E-state index contributed by atoms with van der Waals surface area (Å²) in [5, 5.41) is 0. The van der Waals surface area contributed by atoms with Crippen molar-refractivity contribution in [3.63, 3.8) is 0 Å². The Bertz CT molecular complexity index is 246. The lowest BCUT2D eigenvalue weighted by Gasteiger charge is -1.99. The van der Waals surface area contributed by atoms with Crippen LogP contribution in [0.1, 0.15) is 51.3 Å². The minimum absolute atomic E-state index is 0. The molecular weight excluding hydrogens is 299 g/mol. The highest BCUT2D eigenvalue weighted by atomic mass is 127. The molecule has 3 heteroatoms. The number of nitrogens with one attached hydrogen (secondary N) is 1. The first-order valence-corrected chi connectivity index (χ1v) is 5.88. The van der Waals surface area contributed by atoms with Crippen LogP contribution in [0.5, 0.6) is 0 Å². The fourth-order valence-electron chi connectivity index (χ4n) is 1.75. The summed E-state index contributed by atoms with van der Waals surface area (Å²) >= 11 is 0. The maximum Gasteiger partial charge on any atom is 0.251 e. The minimum atomic E-state index is 0. The van der Waals surface area contributed by atoms with Gasteiger partial charge in [-0.3, -0.25) is 0 Å². The van der Waals surface area contributed by atoms with Crippen LogP contribution in [0.25, 0.3) is 0 Å². The van der Waals surface area contributed by atoms with Crippen LogP contribution in [0, 0.1) is 6.92 Å². The number of nitrogens with zero attached hydrogens (tertiary/aromatic N) is 1. The van der Waals surface area contributed by atoms with Crippen molar-refractivity contribution in [1.82, 2.24) is 4.98 Å². The van der Waals surface area contributed by atoms with Gasteiger partial charge in [-0.2, -0.15) is 0 Å². The quantitative estimate of drug-likeness (QED) is 0.413. The molecule has 1 N–H and O–H groups in total. The van der Waals surface area contributed by atoms with E-state index in [0.717, 1.165) is 0 Å². The van der Waals surface area contributed by atoms with Crippen LogP contribution >= 0.6 is 0 Å². The molecular formula is C12H23IN2. The monoisotopic (exact) mass is 322 g/mol. The number of aromatic amines is 1. The van der Waals surface area contributed by atoms with E-state index in [2.05, 4.69) is 29.6 Å². The van der Waals surface area contributed by atoms with Crippen LogP contribution in [0.2, 0.25) is 0 Å². The number of unbranched alkanes of at least 4 members (excludes halogenated alkanes) is 5. The predicted octanol–water partition coefficient (Wildman–Crippen LogP) is -0.0249. The van der Waals surface area contributed by atoms with Gasteiger partial charge in [0, 0.05) is 6.92 Å². The molecule has 1 aromatic rings. The number of rotatable bonds is 7. The molecule has 0 spiro atoms. The molecule has 1 heterocycles. The van der Waals surface area contributed by atoms with Gasteiger partial charge in [0.25, 0.3) is 5.82 Å². The summed E-state index contributed by atoms with van der Waals surface area (Å²) in [5.41, 5.74) is 0. The summed E-state index contributed by atoms with van der Waals surface area (Å²) < 4.78 is 2.29. The first kappa shape index (κ1) is 14.9. The van der Waals surface area contributed by atoms with Crippen molar-refractivity contribution in [2.75, 3.05) is 0 Å². The van der Waals surface area contributed by atoms with Crippen molar-refractivity contribution >= 4 is 0 Å². The Morgan fingerprint density at radius 3 is 2.40 bits per heavy atom. The highest BCUT2D eigenvalue weighted by Gasteiger charge is 2.02. The summed E-state index contributed by atoms with van der Waals surface area (Å²) in [4.78, 5) is 3.19. The molecule has 0 aliphatic carbocycles. The van der Waals surface area contributed by atoms with Gasteiger partial charge in [0.2, 0.25) is 0 Å². The van der Waals surface area contributed by atoms with Crippen molar-refractivity contribution < 1.29 is 28.5 Å². The van der Waals surface area contributed by atoms with Crippen LogP contribution in [0.4, 0.5) is 0 Å². The van der Waals surface area contributed by atoms with Crippen LogP contribution in [-0.2, 0) is 6.54 Å². The van der Waals surface area contributed by atoms with Crippen molar-refractivity contribution in [2.45, 2.75) is 58.9 Å². The summed E-state index contributed by atoms with van der Waals surface area (Å²) in [6.45, 7) is 5.55. The number of hydrogen-bond acceptors (Lipinski definition) is 0. The normalized spacial score (nSPS) is 10.0. The SMILES string of the molecule is CCCCCCCC[n+]1cc[nH]c1C.[I-]. The number of aromatic nitrogens is 2. The van der Waals surface area contributed by atoms with E-state index in [4.69, 9.17) is 0 Å². The zero-order chi connectivity index (χ0) is 10.2. The Balaban J connectivity index is 0.00000196. The summed E-state index contributed by atoms with van der Waals surface area (Å²) in [7, 11) is 0. The topological polar surface area (TPSA) is 19.7 Å². The van der Waals surface area contributed by atoms with Gasteiger partial charge in [-0.05, 0) is 12.8 Å². The van der Waals surface area contributed by atoms with E-state index >= 15 is 0 Å². The standard InChI is InChI=1S/C12H22N2.HI/c1-3-4-5-6-7-8-10-14-11-9-13-12(14)2;/h9,11H,3-8,10H2,1-2H3;1H. The molecule has 0 atom stereocenters. The number of hydrogen-bond donors (Lipinski definition) is 1. The van der Waals surface area contributed by atoms with E-state index in [1.54, 1.807) is 0 Å². The van der Waals surface area contributed by atoms with Crippen molar-refractivity contribution in [3.05, 3.63) is 18.2 Å². The van der Waals surface area contributed by atoms with Gasteiger partial charge in [-0.25, -0.2) is 9.55 Å². The average Bonchev–Trinajstić information content (AvgIpc) is 2.58. The Hall–Kier alpha value is -0.0600. The zero-order valence-corrected chi connectivity index (χ0v) is 12.1. The smallest absolute Gasteiger partial charge is 0.251 e. The van der Waals surface area contributed by atoms with Gasteiger partial charge in [0.1, 0.15) is 12.4 Å².